The number of allylic oxidation sites excluding steroid dienone is 1. The topological polar surface area (TPSA) is 63.2 Å². The molecule has 5 aliphatic rings. The van der Waals surface area contributed by atoms with Crippen LogP contribution in [-0.4, -0.2) is 29.9 Å². The van der Waals surface area contributed by atoms with Gasteiger partial charge in [0.05, 0.1) is 0 Å². The van der Waals surface area contributed by atoms with Crippen molar-refractivity contribution in [3.8, 4) is 0 Å². The summed E-state index contributed by atoms with van der Waals surface area (Å²) in [5.41, 5.74) is 0.351. The molecule has 0 amide bonds. The Bertz CT molecular complexity index is 620. The highest BCUT2D eigenvalue weighted by atomic mass is 17.3. The maximum Gasteiger partial charge on any atom is 0.308 e. The third-order valence-corrected chi connectivity index (χ3v) is 7.10. The van der Waals surface area contributed by atoms with Crippen LogP contribution in [0.15, 0.2) is 12.2 Å². The standard InChI is InChI=1S/C21H32O6/c1-12(2)6-9-17(22)23-18-14(4)16-8-7-13(3)15-10-11-20(5)25-19(24-18)21(15,16)27-26-20/h13-16,18-19H,1,6-11H2,2-5H3/t13-,14-,15+,16+,18-,19-,20-,21-/m1/s1. The van der Waals surface area contributed by atoms with Gasteiger partial charge in [-0.05, 0) is 51.4 Å². The van der Waals surface area contributed by atoms with Crippen LogP contribution in [0.25, 0.3) is 0 Å². The second-order valence-corrected chi connectivity index (χ2v) is 9.22. The van der Waals surface area contributed by atoms with Crippen LogP contribution in [0.2, 0.25) is 0 Å². The van der Waals surface area contributed by atoms with Crippen molar-refractivity contribution < 1.29 is 28.8 Å². The Balaban J connectivity index is 1.58. The fourth-order valence-electron chi connectivity index (χ4n) is 5.51. The number of hydrogen-bond donors (Lipinski definition) is 0. The number of fused-ring (bicyclic) bond motifs is 2. The molecule has 1 spiro atoms. The lowest BCUT2D eigenvalue weighted by atomic mass is 9.58. The largest absolute Gasteiger partial charge is 0.435 e. The molecule has 0 aromatic carbocycles. The predicted octanol–water partition coefficient (Wildman–Crippen LogP) is 4.09. The molecule has 27 heavy (non-hydrogen) atoms. The Kier molecular flexibility index (Phi) is 4.90. The van der Waals surface area contributed by atoms with E-state index in [0.29, 0.717) is 24.7 Å². The molecular formula is C21H32O6. The first-order valence-corrected chi connectivity index (χ1v) is 10.3. The summed E-state index contributed by atoms with van der Waals surface area (Å²) in [5.74, 6) is -0.0607. The molecule has 5 fully saturated rings. The number of rotatable bonds is 4. The summed E-state index contributed by atoms with van der Waals surface area (Å²) >= 11 is 0. The Hall–Kier alpha value is -0.950. The van der Waals surface area contributed by atoms with Gasteiger partial charge in [0, 0.05) is 24.7 Å². The molecule has 4 saturated heterocycles. The molecule has 6 nitrogen and oxygen atoms in total. The van der Waals surface area contributed by atoms with Crippen molar-refractivity contribution in [1.29, 1.82) is 0 Å². The average molecular weight is 380 g/mol. The minimum Gasteiger partial charge on any atom is -0.435 e. The highest BCUT2D eigenvalue weighted by molar-refractivity contribution is 5.69. The summed E-state index contributed by atoms with van der Waals surface area (Å²) in [6.07, 6.45) is 3.63. The fourth-order valence-corrected chi connectivity index (χ4v) is 5.51. The van der Waals surface area contributed by atoms with Gasteiger partial charge in [-0.2, -0.15) is 0 Å². The summed E-state index contributed by atoms with van der Waals surface area (Å²) in [5, 5.41) is 0. The van der Waals surface area contributed by atoms with E-state index < -0.39 is 24.0 Å². The molecule has 0 aromatic rings. The zero-order chi connectivity index (χ0) is 19.4. The van der Waals surface area contributed by atoms with Crippen molar-refractivity contribution in [3.05, 3.63) is 12.2 Å². The van der Waals surface area contributed by atoms with Crippen molar-refractivity contribution in [2.75, 3.05) is 0 Å². The summed E-state index contributed by atoms with van der Waals surface area (Å²) in [6, 6.07) is 0. The van der Waals surface area contributed by atoms with Gasteiger partial charge in [-0.1, -0.05) is 19.4 Å². The normalized spacial score (nSPS) is 48.4. The van der Waals surface area contributed by atoms with E-state index >= 15 is 0 Å². The first-order valence-electron chi connectivity index (χ1n) is 10.3. The zero-order valence-corrected chi connectivity index (χ0v) is 16.9. The second kappa shape index (κ2) is 6.83. The SMILES string of the molecule is C=C(C)CCC(=O)O[C@@H]1O[C@@H]2O[C@@]3(C)CC[C@H]4[C@H](C)CC[C@@H]([C@H]1C)[C@@]24OO3. The van der Waals surface area contributed by atoms with E-state index in [1.165, 1.54) is 0 Å². The Morgan fingerprint density at radius 1 is 1.15 bits per heavy atom. The van der Waals surface area contributed by atoms with Gasteiger partial charge in [-0.3, -0.25) is 4.79 Å². The second-order valence-electron chi connectivity index (χ2n) is 9.22. The van der Waals surface area contributed by atoms with Gasteiger partial charge in [0.25, 0.3) is 0 Å². The van der Waals surface area contributed by atoms with Gasteiger partial charge in [0.2, 0.25) is 12.1 Å². The van der Waals surface area contributed by atoms with Crippen LogP contribution in [0.4, 0.5) is 0 Å². The summed E-state index contributed by atoms with van der Waals surface area (Å²) in [4.78, 5) is 24.2. The van der Waals surface area contributed by atoms with Crippen molar-refractivity contribution in [3.63, 3.8) is 0 Å². The van der Waals surface area contributed by atoms with Gasteiger partial charge in [0.1, 0.15) is 0 Å². The molecule has 1 saturated carbocycles. The predicted molar refractivity (Wildman–Crippen MR) is 97.0 cm³/mol. The lowest BCUT2D eigenvalue weighted by molar-refractivity contribution is -0.576. The smallest absolute Gasteiger partial charge is 0.308 e. The zero-order valence-electron chi connectivity index (χ0n) is 16.9. The molecule has 0 N–H and O–H groups in total. The lowest BCUT2D eigenvalue weighted by Gasteiger charge is -2.59. The van der Waals surface area contributed by atoms with E-state index in [2.05, 4.69) is 20.4 Å². The van der Waals surface area contributed by atoms with Gasteiger partial charge >= 0.3 is 5.97 Å². The van der Waals surface area contributed by atoms with E-state index in [-0.39, 0.29) is 17.8 Å². The molecule has 0 aromatic heterocycles. The Morgan fingerprint density at radius 2 is 1.93 bits per heavy atom. The third-order valence-electron chi connectivity index (χ3n) is 7.10. The highest BCUT2D eigenvalue weighted by Gasteiger charge is 2.69. The first kappa shape index (κ1) is 19.4. The molecule has 2 bridgehead atoms. The number of ether oxygens (including phenoxy) is 3. The lowest BCUT2D eigenvalue weighted by Crippen LogP contribution is -2.70. The third kappa shape index (κ3) is 3.15. The Morgan fingerprint density at radius 3 is 2.67 bits per heavy atom. The first-order chi connectivity index (χ1) is 12.7. The van der Waals surface area contributed by atoms with Gasteiger partial charge in [0.15, 0.2) is 11.9 Å². The molecular weight excluding hydrogens is 348 g/mol. The van der Waals surface area contributed by atoms with Gasteiger partial charge < -0.3 is 14.2 Å². The van der Waals surface area contributed by atoms with Crippen LogP contribution in [-0.2, 0) is 28.8 Å². The van der Waals surface area contributed by atoms with E-state index in [4.69, 9.17) is 24.0 Å². The maximum absolute atomic E-state index is 12.3. The van der Waals surface area contributed by atoms with Gasteiger partial charge in [-0.25, -0.2) is 9.78 Å². The summed E-state index contributed by atoms with van der Waals surface area (Å²) in [7, 11) is 0. The van der Waals surface area contributed by atoms with E-state index in [1.54, 1.807) is 0 Å². The van der Waals surface area contributed by atoms with Crippen LogP contribution in [0.3, 0.4) is 0 Å². The van der Waals surface area contributed by atoms with E-state index in [0.717, 1.165) is 31.3 Å². The molecule has 0 unspecified atom stereocenters. The minimum absolute atomic E-state index is 0.0136. The number of esters is 1. The molecule has 152 valence electrons. The van der Waals surface area contributed by atoms with Gasteiger partial charge in [-0.15, -0.1) is 6.58 Å². The van der Waals surface area contributed by atoms with Crippen LogP contribution < -0.4 is 0 Å². The van der Waals surface area contributed by atoms with Crippen molar-refractivity contribution >= 4 is 5.97 Å². The van der Waals surface area contributed by atoms with Crippen LogP contribution in [0, 0.1) is 23.7 Å². The monoisotopic (exact) mass is 380 g/mol. The summed E-state index contributed by atoms with van der Waals surface area (Å²) < 4.78 is 18.2. The number of hydrogen-bond acceptors (Lipinski definition) is 6. The fraction of sp³-hybridized carbons (Fsp3) is 0.857. The van der Waals surface area contributed by atoms with Crippen molar-refractivity contribution in [2.45, 2.75) is 90.2 Å². The molecule has 8 atom stereocenters. The van der Waals surface area contributed by atoms with E-state index in [9.17, 15) is 4.79 Å². The van der Waals surface area contributed by atoms with Crippen molar-refractivity contribution in [1.82, 2.24) is 0 Å². The number of carbonyl (C=O) groups is 1. The van der Waals surface area contributed by atoms with Crippen molar-refractivity contribution in [2.24, 2.45) is 23.7 Å². The van der Waals surface area contributed by atoms with Crippen LogP contribution in [0.5, 0.6) is 0 Å². The number of carbonyl (C=O) groups excluding carboxylic acids is 1. The van der Waals surface area contributed by atoms with Crippen LogP contribution >= 0.6 is 0 Å². The summed E-state index contributed by atoms with van der Waals surface area (Å²) in [6.45, 7) is 12.0. The maximum atomic E-state index is 12.3. The molecule has 6 heteroatoms. The highest BCUT2D eigenvalue weighted by Crippen LogP contribution is 2.60. The quantitative estimate of drug-likeness (QED) is 0.416. The molecule has 1 aliphatic carbocycles. The molecule has 5 rings (SSSR count). The minimum atomic E-state index is -0.813. The molecule has 0 radical (unpaired) electrons. The van der Waals surface area contributed by atoms with E-state index in [1.807, 2.05) is 13.8 Å². The molecule has 4 aliphatic heterocycles. The molecule has 4 heterocycles. The average Bonchev–Trinajstić information content (AvgIpc) is 2.84. The van der Waals surface area contributed by atoms with Crippen LogP contribution in [0.1, 0.15) is 66.2 Å². The Labute approximate surface area is 161 Å².